The van der Waals surface area contributed by atoms with Gasteiger partial charge in [-0.15, -0.1) is 11.3 Å². The van der Waals surface area contributed by atoms with Crippen LogP contribution < -0.4 is 10.5 Å². The number of sulfonamides is 1. The van der Waals surface area contributed by atoms with E-state index in [1.807, 2.05) is 0 Å². The number of thiophene rings is 1. The first kappa shape index (κ1) is 15.4. The normalized spacial score (nSPS) is 11.8. The van der Waals surface area contributed by atoms with Gasteiger partial charge in [0.25, 0.3) is 0 Å². The van der Waals surface area contributed by atoms with Crippen molar-refractivity contribution in [2.24, 2.45) is 0 Å². The van der Waals surface area contributed by atoms with Crippen molar-refractivity contribution in [3.63, 3.8) is 0 Å². The smallest absolute Gasteiger partial charge is 0.243 e. The Labute approximate surface area is 126 Å². The largest absolute Gasteiger partial charge is 0.396 e. The minimum atomic E-state index is -4.10. The summed E-state index contributed by atoms with van der Waals surface area (Å²) in [5, 5.41) is 0. The summed E-state index contributed by atoms with van der Waals surface area (Å²) >= 11 is 4.59. The lowest BCUT2D eigenvalue weighted by atomic mass is 10.3. The molecule has 3 N–H and O–H groups in total. The third-order valence-electron chi connectivity index (χ3n) is 2.41. The lowest BCUT2D eigenvalue weighted by Crippen LogP contribution is -2.24. The number of benzene rings is 1. The molecule has 1 aromatic carbocycles. The van der Waals surface area contributed by atoms with Crippen LogP contribution in [0.2, 0.25) is 0 Å². The van der Waals surface area contributed by atoms with Gasteiger partial charge in [-0.3, -0.25) is 0 Å². The lowest BCUT2D eigenvalue weighted by Gasteiger charge is -2.08. The first-order chi connectivity index (χ1) is 9.29. The van der Waals surface area contributed by atoms with E-state index in [0.29, 0.717) is 6.07 Å². The Hall–Kier alpha value is -1.03. The molecule has 0 aliphatic carbocycles. The maximum Gasteiger partial charge on any atom is 0.243 e. The molecular formula is C11H9BrF2N2O2S2. The van der Waals surface area contributed by atoms with Crippen LogP contribution in [0.4, 0.5) is 14.5 Å². The number of rotatable bonds is 4. The van der Waals surface area contributed by atoms with Crippen molar-refractivity contribution in [1.29, 1.82) is 0 Å². The molecule has 108 valence electrons. The minimum Gasteiger partial charge on any atom is -0.396 e. The summed E-state index contributed by atoms with van der Waals surface area (Å²) in [7, 11) is -4.10. The highest BCUT2D eigenvalue weighted by Crippen LogP contribution is 2.24. The summed E-state index contributed by atoms with van der Waals surface area (Å²) in [6, 6.07) is 4.71. The molecule has 9 heteroatoms. The topological polar surface area (TPSA) is 72.2 Å². The maximum absolute atomic E-state index is 13.5. The number of nitrogens with two attached hydrogens (primary N) is 1. The van der Waals surface area contributed by atoms with Gasteiger partial charge in [0.2, 0.25) is 10.0 Å². The zero-order chi connectivity index (χ0) is 14.9. The summed E-state index contributed by atoms with van der Waals surface area (Å²) in [5.74, 6) is -2.18. The van der Waals surface area contributed by atoms with E-state index in [2.05, 4.69) is 20.7 Å². The van der Waals surface area contributed by atoms with Gasteiger partial charge in [-0.25, -0.2) is 21.9 Å². The summed E-state index contributed by atoms with van der Waals surface area (Å²) in [4.78, 5) is 0.0722. The number of hydrogen-bond donors (Lipinski definition) is 2. The second kappa shape index (κ2) is 5.76. The van der Waals surface area contributed by atoms with Crippen molar-refractivity contribution in [3.05, 3.63) is 44.6 Å². The van der Waals surface area contributed by atoms with Crippen LogP contribution in [0.3, 0.4) is 0 Å². The molecule has 2 aromatic rings. The molecule has 0 unspecified atom stereocenters. The van der Waals surface area contributed by atoms with Gasteiger partial charge in [-0.2, -0.15) is 0 Å². The standard InChI is InChI=1S/C11H9BrF2N2O2S2/c12-11-2-1-6(19-11)5-16-20(17,18)10-4-9(15)7(13)3-8(10)14/h1-4,16H,5,15H2. The third-order valence-corrected chi connectivity index (χ3v) is 5.45. The molecule has 0 saturated carbocycles. The lowest BCUT2D eigenvalue weighted by molar-refractivity contribution is 0.544. The Bertz CT molecular complexity index is 747. The Morgan fingerprint density at radius 1 is 1.25 bits per heavy atom. The number of anilines is 1. The molecule has 0 aliphatic heterocycles. The Balaban J connectivity index is 2.24. The second-order valence-corrected chi connectivity index (χ2v) is 8.12. The van der Waals surface area contributed by atoms with Crippen molar-refractivity contribution < 1.29 is 17.2 Å². The van der Waals surface area contributed by atoms with E-state index < -0.39 is 32.2 Å². The molecule has 0 bridgehead atoms. The fraction of sp³-hybridized carbons (Fsp3) is 0.0909. The highest BCUT2D eigenvalue weighted by atomic mass is 79.9. The van der Waals surface area contributed by atoms with Gasteiger partial charge in [0.1, 0.15) is 16.5 Å². The molecule has 0 radical (unpaired) electrons. The molecule has 4 nitrogen and oxygen atoms in total. The predicted octanol–water partition coefficient (Wildman–Crippen LogP) is 2.85. The van der Waals surface area contributed by atoms with E-state index in [0.717, 1.165) is 14.7 Å². The zero-order valence-corrected chi connectivity index (χ0v) is 13.1. The van der Waals surface area contributed by atoms with Crippen LogP contribution in [0.15, 0.2) is 32.9 Å². The van der Waals surface area contributed by atoms with E-state index >= 15 is 0 Å². The van der Waals surface area contributed by atoms with Gasteiger partial charge >= 0.3 is 0 Å². The molecule has 1 aromatic heterocycles. The highest BCUT2D eigenvalue weighted by molar-refractivity contribution is 9.11. The van der Waals surface area contributed by atoms with E-state index in [-0.39, 0.29) is 6.54 Å². The van der Waals surface area contributed by atoms with E-state index in [4.69, 9.17) is 5.73 Å². The third kappa shape index (κ3) is 3.35. The summed E-state index contributed by atoms with van der Waals surface area (Å²) in [5.41, 5.74) is 4.83. The first-order valence-electron chi connectivity index (χ1n) is 5.28. The van der Waals surface area contributed by atoms with Crippen LogP contribution >= 0.6 is 27.3 Å². The molecule has 0 saturated heterocycles. The number of hydrogen-bond acceptors (Lipinski definition) is 4. The van der Waals surface area contributed by atoms with Crippen LogP contribution in [-0.2, 0) is 16.6 Å². The molecule has 0 atom stereocenters. The monoisotopic (exact) mass is 382 g/mol. The molecule has 20 heavy (non-hydrogen) atoms. The van der Waals surface area contributed by atoms with Crippen molar-refractivity contribution in [3.8, 4) is 0 Å². The van der Waals surface area contributed by atoms with Crippen LogP contribution in [0.5, 0.6) is 0 Å². The molecule has 0 fully saturated rings. The fourth-order valence-electron chi connectivity index (χ4n) is 1.44. The van der Waals surface area contributed by atoms with E-state index in [1.165, 1.54) is 11.3 Å². The minimum absolute atomic E-state index is 0.00925. The van der Waals surface area contributed by atoms with Gasteiger partial charge in [0.15, 0.2) is 0 Å². The molecule has 0 spiro atoms. The molecule has 1 heterocycles. The fourth-order valence-corrected chi connectivity index (χ4v) is 4.05. The number of nitrogen functional groups attached to an aromatic ring is 1. The molecule has 2 rings (SSSR count). The number of halogens is 3. The quantitative estimate of drug-likeness (QED) is 0.798. The van der Waals surface area contributed by atoms with Gasteiger partial charge in [-0.1, -0.05) is 0 Å². The van der Waals surface area contributed by atoms with Gasteiger partial charge in [0, 0.05) is 17.5 Å². The predicted molar refractivity (Wildman–Crippen MR) is 76.8 cm³/mol. The molecule has 0 aliphatic rings. The Morgan fingerprint density at radius 3 is 2.55 bits per heavy atom. The highest BCUT2D eigenvalue weighted by Gasteiger charge is 2.21. The summed E-state index contributed by atoms with van der Waals surface area (Å²) in [6.07, 6.45) is 0. The van der Waals surface area contributed by atoms with Gasteiger partial charge in [-0.05, 0) is 34.1 Å². The summed E-state index contributed by atoms with van der Waals surface area (Å²) < 4.78 is 53.6. The van der Waals surface area contributed by atoms with Crippen molar-refractivity contribution >= 4 is 43.0 Å². The molecule has 0 amide bonds. The van der Waals surface area contributed by atoms with E-state index in [9.17, 15) is 17.2 Å². The summed E-state index contributed by atoms with van der Waals surface area (Å²) in [6.45, 7) is 0.00925. The van der Waals surface area contributed by atoms with Crippen molar-refractivity contribution in [2.75, 3.05) is 5.73 Å². The average molecular weight is 383 g/mol. The van der Waals surface area contributed by atoms with Gasteiger partial charge in [0.05, 0.1) is 9.47 Å². The van der Waals surface area contributed by atoms with Gasteiger partial charge < -0.3 is 5.73 Å². The maximum atomic E-state index is 13.5. The molecular weight excluding hydrogens is 374 g/mol. The Kier molecular flexibility index (Phi) is 4.43. The van der Waals surface area contributed by atoms with Crippen LogP contribution in [0.25, 0.3) is 0 Å². The van der Waals surface area contributed by atoms with Crippen LogP contribution in [0.1, 0.15) is 4.88 Å². The average Bonchev–Trinajstić information content (AvgIpc) is 2.77. The van der Waals surface area contributed by atoms with Crippen molar-refractivity contribution in [2.45, 2.75) is 11.4 Å². The van der Waals surface area contributed by atoms with E-state index in [1.54, 1.807) is 12.1 Å². The van der Waals surface area contributed by atoms with Crippen molar-refractivity contribution in [1.82, 2.24) is 4.72 Å². The van der Waals surface area contributed by atoms with Crippen LogP contribution in [-0.4, -0.2) is 8.42 Å². The van der Waals surface area contributed by atoms with Crippen LogP contribution in [0, 0.1) is 11.6 Å². The zero-order valence-electron chi connectivity index (χ0n) is 9.86. The second-order valence-electron chi connectivity index (χ2n) is 3.83. The Morgan fingerprint density at radius 2 is 1.95 bits per heavy atom. The number of nitrogens with one attached hydrogen (secondary N) is 1. The SMILES string of the molecule is Nc1cc(S(=O)(=O)NCc2ccc(Br)s2)c(F)cc1F. The first-order valence-corrected chi connectivity index (χ1v) is 8.37.